The summed E-state index contributed by atoms with van der Waals surface area (Å²) >= 11 is 0. The Balaban J connectivity index is 2.10. The van der Waals surface area contributed by atoms with Crippen LogP contribution in [0.15, 0.2) is 18.2 Å². The van der Waals surface area contributed by atoms with Crippen LogP contribution in [-0.2, 0) is 6.54 Å². The third-order valence-electron chi connectivity index (χ3n) is 3.63. The molecular weight excluding hydrogens is 212 g/mol. The number of aryl methyl sites for hydroxylation is 1. The van der Waals surface area contributed by atoms with Crippen molar-refractivity contribution >= 4 is 0 Å². The van der Waals surface area contributed by atoms with E-state index in [2.05, 4.69) is 17.9 Å². The maximum absolute atomic E-state index is 9.87. The normalized spacial score (nSPS) is 21.6. The fourth-order valence-corrected chi connectivity index (χ4v) is 2.59. The van der Waals surface area contributed by atoms with Gasteiger partial charge < -0.3 is 10.8 Å². The predicted molar refractivity (Wildman–Crippen MR) is 69.9 cm³/mol. The number of benzene rings is 1. The largest absolute Gasteiger partial charge is 0.508 e. The number of nitrogens with two attached hydrogens (primary N) is 1. The topological polar surface area (TPSA) is 49.5 Å². The number of hydrogen-bond donors (Lipinski definition) is 2. The van der Waals surface area contributed by atoms with Gasteiger partial charge in [-0.3, -0.25) is 4.90 Å². The van der Waals surface area contributed by atoms with Crippen molar-refractivity contribution in [2.24, 2.45) is 5.73 Å². The van der Waals surface area contributed by atoms with Crippen molar-refractivity contribution in [2.45, 2.75) is 38.8 Å². The van der Waals surface area contributed by atoms with Gasteiger partial charge in [-0.15, -0.1) is 0 Å². The molecule has 1 aliphatic heterocycles. The molecule has 0 saturated carbocycles. The van der Waals surface area contributed by atoms with Crippen molar-refractivity contribution in [1.29, 1.82) is 0 Å². The molecule has 0 spiro atoms. The Kier molecular flexibility index (Phi) is 4.02. The first-order valence-corrected chi connectivity index (χ1v) is 6.43. The molecule has 1 aromatic rings. The Morgan fingerprint density at radius 3 is 3.00 bits per heavy atom. The number of rotatable bonds is 3. The van der Waals surface area contributed by atoms with Crippen LogP contribution < -0.4 is 5.73 Å². The molecule has 3 nitrogen and oxygen atoms in total. The maximum atomic E-state index is 9.87. The van der Waals surface area contributed by atoms with Gasteiger partial charge in [0.05, 0.1) is 0 Å². The van der Waals surface area contributed by atoms with Crippen LogP contribution in [0.5, 0.6) is 5.75 Å². The molecule has 3 heteroatoms. The fraction of sp³-hybridized carbons (Fsp3) is 0.571. The molecule has 0 bridgehead atoms. The minimum Gasteiger partial charge on any atom is -0.508 e. The summed E-state index contributed by atoms with van der Waals surface area (Å²) in [6, 6.07) is 6.27. The van der Waals surface area contributed by atoms with Crippen LogP contribution in [0.3, 0.4) is 0 Å². The Bertz CT molecular complexity index is 378. The monoisotopic (exact) mass is 234 g/mol. The zero-order valence-corrected chi connectivity index (χ0v) is 10.5. The molecule has 1 fully saturated rings. The lowest BCUT2D eigenvalue weighted by molar-refractivity contribution is 0.143. The maximum Gasteiger partial charge on any atom is 0.120 e. The number of hydrogen-bond acceptors (Lipinski definition) is 3. The summed E-state index contributed by atoms with van der Waals surface area (Å²) in [6.45, 7) is 4.68. The summed E-state index contributed by atoms with van der Waals surface area (Å²) in [5.74, 6) is 0.400. The summed E-state index contributed by atoms with van der Waals surface area (Å²) in [5.41, 5.74) is 8.02. The average Bonchev–Trinajstić information content (AvgIpc) is 2.34. The van der Waals surface area contributed by atoms with E-state index >= 15 is 0 Å². The Labute approximate surface area is 103 Å². The highest BCUT2D eigenvalue weighted by atomic mass is 16.3. The van der Waals surface area contributed by atoms with E-state index in [1.54, 1.807) is 6.07 Å². The summed E-state index contributed by atoms with van der Waals surface area (Å²) in [5, 5.41) is 9.87. The highest BCUT2D eigenvalue weighted by Crippen LogP contribution is 2.24. The zero-order chi connectivity index (χ0) is 12.3. The van der Waals surface area contributed by atoms with Crippen molar-refractivity contribution in [1.82, 2.24) is 4.90 Å². The van der Waals surface area contributed by atoms with Crippen LogP contribution >= 0.6 is 0 Å². The first-order valence-electron chi connectivity index (χ1n) is 6.43. The van der Waals surface area contributed by atoms with E-state index in [1.807, 2.05) is 6.07 Å². The van der Waals surface area contributed by atoms with Crippen LogP contribution in [0.1, 0.15) is 30.4 Å². The number of likely N-dealkylation sites (tertiary alicyclic amines) is 1. The van der Waals surface area contributed by atoms with Gasteiger partial charge in [-0.25, -0.2) is 0 Å². The Morgan fingerprint density at radius 1 is 1.41 bits per heavy atom. The lowest BCUT2D eigenvalue weighted by Gasteiger charge is -2.35. The van der Waals surface area contributed by atoms with Crippen molar-refractivity contribution in [3.63, 3.8) is 0 Å². The second kappa shape index (κ2) is 5.52. The summed E-state index contributed by atoms with van der Waals surface area (Å²) in [4.78, 5) is 2.40. The Hall–Kier alpha value is -1.06. The van der Waals surface area contributed by atoms with Gasteiger partial charge in [-0.05, 0) is 32.4 Å². The number of nitrogens with zero attached hydrogens (tertiary/aromatic N) is 1. The van der Waals surface area contributed by atoms with Gasteiger partial charge in [-0.1, -0.05) is 24.1 Å². The van der Waals surface area contributed by atoms with Crippen LogP contribution in [0.25, 0.3) is 0 Å². The van der Waals surface area contributed by atoms with Crippen LogP contribution in [0.2, 0.25) is 0 Å². The molecule has 3 N–H and O–H groups in total. The molecule has 2 rings (SSSR count). The smallest absolute Gasteiger partial charge is 0.120 e. The first kappa shape index (κ1) is 12.4. The van der Waals surface area contributed by atoms with Crippen LogP contribution in [0, 0.1) is 6.92 Å². The van der Waals surface area contributed by atoms with E-state index < -0.39 is 0 Å². The third kappa shape index (κ3) is 2.99. The Morgan fingerprint density at radius 2 is 2.24 bits per heavy atom. The highest BCUT2D eigenvalue weighted by Gasteiger charge is 2.21. The molecule has 1 aliphatic rings. The van der Waals surface area contributed by atoms with Gasteiger partial charge in [-0.2, -0.15) is 0 Å². The van der Waals surface area contributed by atoms with Crippen LogP contribution in [0.4, 0.5) is 0 Å². The molecular formula is C14H22N2O. The molecule has 1 aromatic carbocycles. The summed E-state index contributed by atoms with van der Waals surface area (Å²) in [7, 11) is 0. The SMILES string of the molecule is Cc1ccc(O)c(CN2CCCCC2CN)c1. The van der Waals surface area contributed by atoms with Crippen molar-refractivity contribution in [3.8, 4) is 5.75 Å². The summed E-state index contributed by atoms with van der Waals surface area (Å²) in [6.07, 6.45) is 3.70. The van der Waals surface area contributed by atoms with Gasteiger partial charge in [0.1, 0.15) is 5.75 Å². The quantitative estimate of drug-likeness (QED) is 0.841. The van der Waals surface area contributed by atoms with E-state index in [4.69, 9.17) is 5.73 Å². The number of phenolic OH excluding ortho intramolecular Hbond substituents is 1. The standard InChI is InChI=1S/C14H22N2O/c1-11-5-6-14(17)12(8-11)10-16-7-3-2-4-13(16)9-15/h5-6,8,13,17H,2-4,7,9-10,15H2,1H3. The van der Waals surface area contributed by atoms with E-state index in [0.29, 0.717) is 18.3 Å². The second-order valence-electron chi connectivity index (χ2n) is 4.99. The lowest BCUT2D eigenvalue weighted by Crippen LogP contribution is -2.43. The third-order valence-corrected chi connectivity index (χ3v) is 3.63. The van der Waals surface area contributed by atoms with Gasteiger partial charge in [0, 0.05) is 24.7 Å². The van der Waals surface area contributed by atoms with Gasteiger partial charge >= 0.3 is 0 Å². The van der Waals surface area contributed by atoms with Crippen molar-refractivity contribution in [3.05, 3.63) is 29.3 Å². The highest BCUT2D eigenvalue weighted by molar-refractivity contribution is 5.35. The van der Waals surface area contributed by atoms with E-state index in [-0.39, 0.29) is 0 Å². The van der Waals surface area contributed by atoms with E-state index in [9.17, 15) is 5.11 Å². The molecule has 0 amide bonds. The predicted octanol–water partition coefficient (Wildman–Crippen LogP) is 2.01. The number of phenols is 1. The lowest BCUT2D eigenvalue weighted by atomic mass is 10.0. The van der Waals surface area contributed by atoms with Gasteiger partial charge in [0.2, 0.25) is 0 Å². The molecule has 1 heterocycles. The summed E-state index contributed by atoms with van der Waals surface area (Å²) < 4.78 is 0. The van der Waals surface area contributed by atoms with E-state index in [1.165, 1.54) is 24.8 Å². The molecule has 0 aliphatic carbocycles. The molecule has 1 unspecified atom stereocenters. The minimum absolute atomic E-state index is 0.400. The van der Waals surface area contributed by atoms with Crippen LogP contribution in [-0.4, -0.2) is 29.1 Å². The molecule has 1 saturated heterocycles. The number of aromatic hydroxyl groups is 1. The minimum atomic E-state index is 0.400. The molecule has 0 radical (unpaired) electrons. The molecule has 0 aromatic heterocycles. The average molecular weight is 234 g/mol. The molecule has 94 valence electrons. The van der Waals surface area contributed by atoms with Gasteiger partial charge in [0.15, 0.2) is 0 Å². The van der Waals surface area contributed by atoms with E-state index in [0.717, 1.165) is 18.7 Å². The van der Waals surface area contributed by atoms with Gasteiger partial charge in [0.25, 0.3) is 0 Å². The fourth-order valence-electron chi connectivity index (χ4n) is 2.59. The number of piperidine rings is 1. The zero-order valence-electron chi connectivity index (χ0n) is 10.5. The van der Waals surface area contributed by atoms with Crippen molar-refractivity contribution < 1.29 is 5.11 Å². The van der Waals surface area contributed by atoms with Crippen molar-refractivity contribution in [2.75, 3.05) is 13.1 Å². The second-order valence-corrected chi connectivity index (χ2v) is 4.99. The molecule has 17 heavy (non-hydrogen) atoms. The molecule has 1 atom stereocenters. The first-order chi connectivity index (χ1) is 8.20.